The van der Waals surface area contributed by atoms with Crippen molar-refractivity contribution in [3.8, 4) is 5.75 Å². The van der Waals surface area contributed by atoms with Crippen LogP contribution >= 0.6 is 0 Å². The maximum Gasteiger partial charge on any atom is 0.254 e. The van der Waals surface area contributed by atoms with Crippen LogP contribution in [-0.4, -0.2) is 54.1 Å². The monoisotopic (exact) mass is 329 g/mol. The van der Waals surface area contributed by atoms with Crippen LogP contribution in [0.5, 0.6) is 5.75 Å². The summed E-state index contributed by atoms with van der Waals surface area (Å²) in [5, 5.41) is 3.92. The van der Waals surface area contributed by atoms with Gasteiger partial charge in [0.25, 0.3) is 5.91 Å². The van der Waals surface area contributed by atoms with Crippen molar-refractivity contribution in [3.05, 3.63) is 46.8 Å². The molecule has 0 saturated carbocycles. The molecule has 1 saturated heterocycles. The van der Waals surface area contributed by atoms with Crippen molar-refractivity contribution in [2.45, 2.75) is 20.5 Å². The molecule has 1 aromatic carbocycles. The number of aromatic nitrogens is 1. The first-order valence-corrected chi connectivity index (χ1v) is 8.17. The fourth-order valence-corrected chi connectivity index (χ4v) is 2.77. The average Bonchev–Trinajstić information content (AvgIpc) is 2.91. The molecule has 6 nitrogen and oxygen atoms in total. The summed E-state index contributed by atoms with van der Waals surface area (Å²) in [5.41, 5.74) is 2.44. The van der Waals surface area contributed by atoms with Gasteiger partial charge in [0, 0.05) is 31.7 Å². The second-order valence-corrected chi connectivity index (χ2v) is 6.21. The highest BCUT2D eigenvalue weighted by molar-refractivity contribution is 5.94. The van der Waals surface area contributed by atoms with Gasteiger partial charge in [-0.05, 0) is 39.1 Å². The Morgan fingerprint density at radius 3 is 2.67 bits per heavy atom. The van der Waals surface area contributed by atoms with Crippen LogP contribution in [0.15, 0.2) is 28.8 Å². The number of piperazine rings is 1. The quantitative estimate of drug-likeness (QED) is 0.861. The molecular weight excluding hydrogens is 306 g/mol. The lowest BCUT2D eigenvalue weighted by molar-refractivity contribution is 0.0663. The van der Waals surface area contributed by atoms with Gasteiger partial charge < -0.3 is 19.1 Å². The van der Waals surface area contributed by atoms with E-state index in [2.05, 4.69) is 17.1 Å². The van der Waals surface area contributed by atoms with Crippen LogP contribution in [0.2, 0.25) is 0 Å². The topological polar surface area (TPSA) is 58.8 Å². The van der Waals surface area contributed by atoms with E-state index >= 15 is 0 Å². The van der Waals surface area contributed by atoms with Crippen LogP contribution in [0.4, 0.5) is 0 Å². The predicted molar refractivity (Wildman–Crippen MR) is 90.2 cm³/mol. The summed E-state index contributed by atoms with van der Waals surface area (Å²) in [4.78, 5) is 16.8. The van der Waals surface area contributed by atoms with Crippen molar-refractivity contribution in [2.75, 3.05) is 33.2 Å². The lowest BCUT2D eigenvalue weighted by Gasteiger charge is -2.32. The number of carbonyl (C=O) groups is 1. The SMILES string of the molecule is Cc1noc(C)c1COc1cccc(C(=O)N2CCN(C)CC2)c1. The van der Waals surface area contributed by atoms with Crippen LogP contribution in [0.3, 0.4) is 0 Å². The first-order chi connectivity index (χ1) is 11.5. The number of benzene rings is 1. The number of carbonyl (C=O) groups excluding carboxylic acids is 1. The number of hydrogen-bond acceptors (Lipinski definition) is 5. The Morgan fingerprint density at radius 2 is 2.00 bits per heavy atom. The van der Waals surface area contributed by atoms with E-state index in [0.29, 0.717) is 17.9 Å². The molecule has 1 fully saturated rings. The molecule has 24 heavy (non-hydrogen) atoms. The van der Waals surface area contributed by atoms with Crippen LogP contribution in [0.25, 0.3) is 0 Å². The maximum atomic E-state index is 12.6. The van der Waals surface area contributed by atoms with Gasteiger partial charge in [-0.3, -0.25) is 4.79 Å². The molecule has 0 radical (unpaired) electrons. The molecule has 3 rings (SSSR count). The number of amides is 1. The molecule has 2 heterocycles. The van der Waals surface area contributed by atoms with Gasteiger partial charge in [0.05, 0.1) is 11.3 Å². The van der Waals surface area contributed by atoms with Gasteiger partial charge >= 0.3 is 0 Å². The molecule has 0 bridgehead atoms. The third-order valence-electron chi connectivity index (χ3n) is 4.44. The van der Waals surface area contributed by atoms with Crippen molar-refractivity contribution in [3.63, 3.8) is 0 Å². The van der Waals surface area contributed by atoms with Gasteiger partial charge in [-0.2, -0.15) is 0 Å². The summed E-state index contributed by atoms with van der Waals surface area (Å²) >= 11 is 0. The Morgan fingerprint density at radius 1 is 1.25 bits per heavy atom. The van der Waals surface area contributed by atoms with Crippen molar-refractivity contribution in [1.82, 2.24) is 15.0 Å². The first kappa shape index (κ1) is 16.5. The Hall–Kier alpha value is -2.34. The number of hydrogen-bond donors (Lipinski definition) is 0. The van der Waals surface area contributed by atoms with Crippen molar-refractivity contribution >= 4 is 5.91 Å². The zero-order chi connectivity index (χ0) is 17.1. The molecule has 6 heteroatoms. The van der Waals surface area contributed by atoms with Crippen LogP contribution < -0.4 is 4.74 Å². The van der Waals surface area contributed by atoms with Crippen molar-refractivity contribution in [1.29, 1.82) is 0 Å². The Balaban J connectivity index is 1.66. The molecule has 1 aromatic heterocycles. The predicted octanol–water partition coefficient (Wildman–Crippen LogP) is 2.26. The summed E-state index contributed by atoms with van der Waals surface area (Å²) in [6, 6.07) is 7.35. The number of nitrogens with zero attached hydrogens (tertiary/aromatic N) is 3. The van der Waals surface area contributed by atoms with Crippen molar-refractivity contribution < 1.29 is 14.1 Å². The van der Waals surface area contributed by atoms with E-state index in [9.17, 15) is 4.79 Å². The third kappa shape index (κ3) is 3.59. The van der Waals surface area contributed by atoms with Gasteiger partial charge in [-0.1, -0.05) is 11.2 Å². The molecule has 1 aliphatic rings. The zero-order valence-electron chi connectivity index (χ0n) is 14.4. The van der Waals surface area contributed by atoms with E-state index in [1.165, 1.54) is 0 Å². The molecule has 2 aromatic rings. The fraction of sp³-hybridized carbons (Fsp3) is 0.444. The minimum atomic E-state index is 0.0610. The lowest BCUT2D eigenvalue weighted by atomic mass is 10.1. The van der Waals surface area contributed by atoms with E-state index in [0.717, 1.165) is 43.2 Å². The summed E-state index contributed by atoms with van der Waals surface area (Å²) in [6.45, 7) is 7.49. The number of rotatable bonds is 4. The van der Waals surface area contributed by atoms with Gasteiger partial charge in [0.2, 0.25) is 0 Å². The molecule has 0 N–H and O–H groups in total. The number of aryl methyl sites for hydroxylation is 2. The molecule has 1 aliphatic heterocycles. The number of likely N-dealkylation sites (N-methyl/N-ethyl adjacent to an activating group) is 1. The highest BCUT2D eigenvalue weighted by Gasteiger charge is 2.20. The Bertz CT molecular complexity index is 699. The molecule has 0 atom stereocenters. The molecule has 0 spiro atoms. The highest BCUT2D eigenvalue weighted by atomic mass is 16.5. The summed E-state index contributed by atoms with van der Waals surface area (Å²) in [7, 11) is 2.07. The second kappa shape index (κ2) is 7.05. The van der Waals surface area contributed by atoms with Crippen LogP contribution in [0, 0.1) is 13.8 Å². The highest BCUT2D eigenvalue weighted by Crippen LogP contribution is 2.19. The summed E-state index contributed by atoms with van der Waals surface area (Å²) in [5.74, 6) is 1.50. The summed E-state index contributed by atoms with van der Waals surface area (Å²) in [6.07, 6.45) is 0. The van der Waals surface area contributed by atoms with E-state index in [-0.39, 0.29) is 5.91 Å². The minimum absolute atomic E-state index is 0.0610. The first-order valence-electron chi connectivity index (χ1n) is 8.17. The smallest absolute Gasteiger partial charge is 0.254 e. The molecule has 128 valence electrons. The van der Waals surface area contributed by atoms with E-state index in [1.807, 2.05) is 36.9 Å². The van der Waals surface area contributed by atoms with E-state index in [1.54, 1.807) is 6.07 Å². The second-order valence-electron chi connectivity index (χ2n) is 6.21. The van der Waals surface area contributed by atoms with Crippen molar-refractivity contribution in [2.24, 2.45) is 0 Å². The van der Waals surface area contributed by atoms with E-state index in [4.69, 9.17) is 9.26 Å². The molecule has 0 unspecified atom stereocenters. The maximum absolute atomic E-state index is 12.6. The molecular formula is C18H23N3O3. The third-order valence-corrected chi connectivity index (χ3v) is 4.44. The molecule has 1 amide bonds. The fourth-order valence-electron chi connectivity index (χ4n) is 2.77. The van der Waals surface area contributed by atoms with Gasteiger partial charge in [0.1, 0.15) is 18.1 Å². The van der Waals surface area contributed by atoms with E-state index < -0.39 is 0 Å². The average molecular weight is 329 g/mol. The van der Waals surface area contributed by atoms with Gasteiger partial charge in [-0.15, -0.1) is 0 Å². The zero-order valence-corrected chi connectivity index (χ0v) is 14.4. The normalized spacial score (nSPS) is 15.5. The lowest BCUT2D eigenvalue weighted by Crippen LogP contribution is -2.47. The number of ether oxygens (including phenoxy) is 1. The van der Waals surface area contributed by atoms with Gasteiger partial charge in [-0.25, -0.2) is 0 Å². The minimum Gasteiger partial charge on any atom is -0.489 e. The standard InChI is InChI=1S/C18H23N3O3/c1-13-17(14(2)24-19-13)12-23-16-6-4-5-15(11-16)18(22)21-9-7-20(3)8-10-21/h4-6,11H,7-10,12H2,1-3H3. The molecule has 0 aliphatic carbocycles. The Kier molecular flexibility index (Phi) is 4.85. The van der Waals surface area contributed by atoms with Crippen LogP contribution in [0.1, 0.15) is 27.4 Å². The Labute approximate surface area is 142 Å². The van der Waals surface area contributed by atoms with Crippen LogP contribution in [-0.2, 0) is 6.61 Å². The summed E-state index contributed by atoms with van der Waals surface area (Å²) < 4.78 is 11.0. The van der Waals surface area contributed by atoms with Gasteiger partial charge in [0.15, 0.2) is 0 Å². The largest absolute Gasteiger partial charge is 0.489 e.